The highest BCUT2D eigenvalue weighted by molar-refractivity contribution is 5.87. The van der Waals surface area contributed by atoms with Crippen LogP contribution in [0.4, 0.5) is 8.78 Å². The number of halogens is 2. The first-order chi connectivity index (χ1) is 22.5. The topological polar surface area (TPSA) is 108 Å². The Kier molecular flexibility index (Phi) is 9.72. The van der Waals surface area contributed by atoms with Crippen molar-refractivity contribution in [3.05, 3.63) is 23.9 Å². The lowest BCUT2D eigenvalue weighted by Gasteiger charge is -2.41. The van der Waals surface area contributed by atoms with Crippen molar-refractivity contribution in [3.63, 3.8) is 0 Å². The fourth-order valence-corrected chi connectivity index (χ4v) is 8.46. The van der Waals surface area contributed by atoms with Gasteiger partial charge in [0.25, 0.3) is 5.92 Å². The number of ether oxygens (including phenoxy) is 3. The lowest BCUT2D eigenvalue weighted by Crippen LogP contribution is -2.48. The maximum Gasteiger partial charge on any atom is 0.306 e. The van der Waals surface area contributed by atoms with Crippen molar-refractivity contribution >= 4 is 29.2 Å². The van der Waals surface area contributed by atoms with Crippen LogP contribution >= 0.6 is 0 Å². The number of benzene rings is 1. The smallest absolute Gasteiger partial charge is 0.306 e. The summed E-state index contributed by atoms with van der Waals surface area (Å²) in [7, 11) is 1.51. The quantitative estimate of drug-likeness (QED) is 0.263. The van der Waals surface area contributed by atoms with Crippen molar-refractivity contribution in [3.8, 4) is 11.6 Å². The first-order valence-electron chi connectivity index (χ1n) is 17.4. The predicted molar refractivity (Wildman–Crippen MR) is 170 cm³/mol. The van der Waals surface area contributed by atoms with Gasteiger partial charge in [0.15, 0.2) is 5.69 Å². The van der Waals surface area contributed by atoms with Gasteiger partial charge in [-0.05, 0) is 68.4 Å². The zero-order valence-corrected chi connectivity index (χ0v) is 27.7. The van der Waals surface area contributed by atoms with E-state index >= 15 is 8.78 Å². The number of hydrogen-bond acceptors (Lipinski definition) is 8. The molecule has 1 amide bonds. The SMILES string of the molecule is COc1ccc2nc3c(nc2c1)O[C@H]1CN(C(=O)[C@H](C2(C)CCCCC2)CC(=O)O[C@@H]2CCC[C@H]2CCCCC3(F)F)[C@H](C=O)[C@@H]1C. The summed E-state index contributed by atoms with van der Waals surface area (Å²) in [6.45, 7) is 3.85. The van der Waals surface area contributed by atoms with Crippen LogP contribution in [-0.4, -0.2) is 64.9 Å². The minimum absolute atomic E-state index is 0.00142. The monoisotopic (exact) mass is 655 g/mol. The van der Waals surface area contributed by atoms with Crippen LogP contribution in [-0.2, 0) is 25.0 Å². The Labute approximate surface area is 275 Å². The first-order valence-corrected chi connectivity index (χ1v) is 17.4. The molecule has 2 aliphatic heterocycles. The molecule has 0 unspecified atom stereocenters. The van der Waals surface area contributed by atoms with Gasteiger partial charge in [-0.3, -0.25) is 9.59 Å². The van der Waals surface area contributed by atoms with Crippen LogP contribution in [0.2, 0.25) is 0 Å². The van der Waals surface area contributed by atoms with Gasteiger partial charge in [-0.1, -0.05) is 39.5 Å². The van der Waals surface area contributed by atoms with Gasteiger partial charge in [0, 0.05) is 18.4 Å². The second kappa shape index (κ2) is 13.6. The number of alkyl halides is 2. The van der Waals surface area contributed by atoms with Crippen LogP contribution in [0.15, 0.2) is 18.2 Å². The number of amides is 1. The fourth-order valence-electron chi connectivity index (χ4n) is 8.46. The summed E-state index contributed by atoms with van der Waals surface area (Å²) in [5.41, 5.74) is -0.354. The fraction of sp³-hybridized carbons (Fsp3) is 0.694. The molecule has 4 aliphatic rings. The molecule has 2 bridgehead atoms. The number of aromatic nitrogens is 2. The maximum absolute atomic E-state index is 16.1. The minimum Gasteiger partial charge on any atom is -0.497 e. The minimum atomic E-state index is -3.34. The van der Waals surface area contributed by atoms with Crippen molar-refractivity contribution in [2.45, 2.75) is 121 Å². The zero-order chi connectivity index (χ0) is 33.3. The van der Waals surface area contributed by atoms with E-state index in [0.717, 1.165) is 57.7 Å². The molecule has 47 heavy (non-hydrogen) atoms. The van der Waals surface area contributed by atoms with E-state index in [9.17, 15) is 14.4 Å². The van der Waals surface area contributed by atoms with Crippen LogP contribution in [0.1, 0.15) is 103 Å². The number of nitrogens with zero attached hydrogens (tertiary/aromatic N) is 3. The predicted octanol–water partition coefficient (Wildman–Crippen LogP) is 6.79. The van der Waals surface area contributed by atoms with Crippen molar-refractivity contribution in [1.82, 2.24) is 14.9 Å². The Morgan fingerprint density at radius 2 is 1.68 bits per heavy atom. The third-order valence-corrected chi connectivity index (χ3v) is 11.4. The molecule has 2 aliphatic carbocycles. The van der Waals surface area contributed by atoms with E-state index in [0.29, 0.717) is 24.1 Å². The second-order valence-electron chi connectivity index (χ2n) is 14.5. The molecule has 0 radical (unpaired) electrons. The summed E-state index contributed by atoms with van der Waals surface area (Å²) in [6.07, 6.45) is 7.74. The summed E-state index contributed by atoms with van der Waals surface area (Å²) in [5, 5.41) is 0. The number of aldehydes is 1. The Hall–Kier alpha value is -3.37. The molecular formula is C36H47F2N3O6. The van der Waals surface area contributed by atoms with E-state index in [-0.39, 0.29) is 48.7 Å². The number of rotatable bonds is 3. The highest BCUT2D eigenvalue weighted by atomic mass is 19.3. The van der Waals surface area contributed by atoms with E-state index in [1.165, 1.54) is 12.0 Å². The molecule has 6 atom stereocenters. The molecular weight excluding hydrogens is 608 g/mol. The lowest BCUT2D eigenvalue weighted by atomic mass is 9.65. The summed E-state index contributed by atoms with van der Waals surface area (Å²) in [4.78, 5) is 51.0. The normalized spacial score (nSPS) is 31.6. The van der Waals surface area contributed by atoms with Gasteiger partial charge in [0.1, 0.15) is 24.2 Å². The first kappa shape index (κ1) is 33.5. The van der Waals surface area contributed by atoms with Gasteiger partial charge < -0.3 is 23.9 Å². The van der Waals surface area contributed by atoms with Gasteiger partial charge in [0.2, 0.25) is 11.8 Å². The summed E-state index contributed by atoms with van der Waals surface area (Å²) in [5.74, 6) is -4.92. The molecule has 1 saturated heterocycles. The number of fused-ring (bicyclic) bond motifs is 5. The van der Waals surface area contributed by atoms with Crippen molar-refractivity contribution in [2.24, 2.45) is 23.2 Å². The molecule has 0 N–H and O–H groups in total. The number of hydrogen-bond donors (Lipinski definition) is 0. The Balaban J connectivity index is 1.40. The Morgan fingerprint density at radius 1 is 0.936 bits per heavy atom. The molecule has 9 nitrogen and oxygen atoms in total. The van der Waals surface area contributed by atoms with E-state index in [4.69, 9.17) is 14.2 Å². The molecule has 2 aromatic rings. The number of carbonyl (C=O) groups excluding carboxylic acids is 3. The number of methoxy groups -OCH3 is 1. The molecule has 1 aromatic carbocycles. The van der Waals surface area contributed by atoms with Gasteiger partial charge in [-0.15, -0.1) is 0 Å². The second-order valence-corrected chi connectivity index (χ2v) is 14.5. The van der Waals surface area contributed by atoms with Crippen LogP contribution in [0.5, 0.6) is 11.6 Å². The van der Waals surface area contributed by atoms with E-state index < -0.39 is 53.4 Å². The Morgan fingerprint density at radius 3 is 2.43 bits per heavy atom. The molecule has 2 saturated carbocycles. The van der Waals surface area contributed by atoms with Gasteiger partial charge in [-0.2, -0.15) is 8.78 Å². The standard InChI is InChI=1S/C36H47F2N3O6/c1-22-28(21-42)41-20-30(22)47-33-32(39-26-14-13-24(45-3)18-27(26)40-33)36(37,38)17-8-5-10-23-11-9-12-29(23)46-31(43)19-25(34(41)44)35(2)15-6-4-7-16-35/h13-14,18,21-23,25,28-30H,4-12,15-17,19-20H2,1-3H3/t22-,23+,25+,28+,29+,30-/m0/s1. The summed E-state index contributed by atoms with van der Waals surface area (Å²) >= 11 is 0. The number of carbonyl (C=O) groups is 3. The van der Waals surface area contributed by atoms with E-state index in [1.807, 2.05) is 0 Å². The molecule has 0 spiro atoms. The van der Waals surface area contributed by atoms with Gasteiger partial charge in [-0.25, -0.2) is 9.97 Å². The molecule has 3 fully saturated rings. The molecule has 3 heterocycles. The molecule has 6 rings (SSSR count). The molecule has 11 heteroatoms. The Bertz CT molecular complexity index is 1480. The third kappa shape index (κ3) is 6.81. The van der Waals surface area contributed by atoms with Crippen LogP contribution in [0.3, 0.4) is 0 Å². The third-order valence-electron chi connectivity index (χ3n) is 11.4. The summed E-state index contributed by atoms with van der Waals surface area (Å²) < 4.78 is 49.8. The lowest BCUT2D eigenvalue weighted by molar-refractivity contribution is -0.159. The largest absolute Gasteiger partial charge is 0.497 e. The van der Waals surface area contributed by atoms with Crippen LogP contribution in [0, 0.1) is 23.2 Å². The van der Waals surface area contributed by atoms with Crippen molar-refractivity contribution < 1.29 is 37.4 Å². The molecule has 256 valence electrons. The maximum atomic E-state index is 16.1. The average molecular weight is 656 g/mol. The highest BCUT2D eigenvalue weighted by Gasteiger charge is 2.50. The summed E-state index contributed by atoms with van der Waals surface area (Å²) in [6, 6.07) is 4.01. The van der Waals surface area contributed by atoms with Crippen LogP contribution < -0.4 is 9.47 Å². The highest BCUT2D eigenvalue weighted by Crippen LogP contribution is 2.47. The average Bonchev–Trinajstić information content (AvgIpc) is 3.63. The van der Waals surface area contributed by atoms with Gasteiger partial charge in [0.05, 0.1) is 43.1 Å². The van der Waals surface area contributed by atoms with Gasteiger partial charge >= 0.3 is 5.97 Å². The van der Waals surface area contributed by atoms with Crippen molar-refractivity contribution in [1.29, 1.82) is 0 Å². The van der Waals surface area contributed by atoms with E-state index in [2.05, 4.69) is 16.9 Å². The van der Waals surface area contributed by atoms with E-state index in [1.54, 1.807) is 25.1 Å². The van der Waals surface area contributed by atoms with Crippen molar-refractivity contribution in [2.75, 3.05) is 13.7 Å². The zero-order valence-electron chi connectivity index (χ0n) is 27.7. The molecule has 1 aromatic heterocycles. The van der Waals surface area contributed by atoms with Crippen LogP contribution in [0.25, 0.3) is 11.0 Å². The number of esters is 1.